The number of nitrogens with one attached hydrogen (secondary N) is 1. The van der Waals surface area contributed by atoms with Crippen molar-refractivity contribution in [3.63, 3.8) is 0 Å². The first-order valence-electron chi connectivity index (χ1n) is 7.54. The van der Waals surface area contributed by atoms with Crippen molar-refractivity contribution in [2.45, 2.75) is 32.2 Å². The minimum atomic E-state index is -0.283. The third kappa shape index (κ3) is 5.91. The van der Waals surface area contributed by atoms with Gasteiger partial charge in [-0.05, 0) is 30.5 Å². The summed E-state index contributed by atoms with van der Waals surface area (Å²) in [5.74, 6) is 0.231. The van der Waals surface area contributed by atoms with Gasteiger partial charge >= 0.3 is 0 Å². The highest BCUT2D eigenvalue weighted by Gasteiger charge is 2.25. The van der Waals surface area contributed by atoms with Crippen molar-refractivity contribution in [1.82, 2.24) is 10.2 Å². The lowest BCUT2D eigenvalue weighted by molar-refractivity contribution is -0.124. The van der Waals surface area contributed by atoms with E-state index in [4.69, 9.17) is 12.2 Å². The zero-order chi connectivity index (χ0) is 16.7. The zero-order valence-electron chi connectivity index (χ0n) is 12.7. The second-order valence-corrected chi connectivity index (χ2v) is 6.92. The number of hydrogen-bond acceptors (Lipinski definition) is 4. The lowest BCUT2D eigenvalue weighted by Crippen LogP contribution is -2.29. The highest BCUT2D eigenvalue weighted by Crippen LogP contribution is 2.19. The monoisotopic (exact) mass is 354 g/mol. The summed E-state index contributed by atoms with van der Waals surface area (Å²) >= 11 is 6.51. The molecular weight excluding hydrogens is 335 g/mol. The maximum Gasteiger partial charge on any atom is 0.238 e. The van der Waals surface area contributed by atoms with E-state index < -0.39 is 0 Å². The largest absolute Gasteiger partial charge is 0.352 e. The Bertz CT molecular complexity index is 562. The fraction of sp³-hybridized carbons (Fsp3) is 0.438. The molecule has 23 heavy (non-hydrogen) atoms. The zero-order valence-corrected chi connectivity index (χ0v) is 14.4. The Kier molecular flexibility index (Phi) is 6.98. The predicted molar refractivity (Wildman–Crippen MR) is 93.5 cm³/mol. The van der Waals surface area contributed by atoms with Gasteiger partial charge in [0, 0.05) is 19.5 Å². The Hall–Kier alpha value is -1.47. The van der Waals surface area contributed by atoms with Gasteiger partial charge in [-0.1, -0.05) is 42.5 Å². The van der Waals surface area contributed by atoms with Crippen LogP contribution in [-0.4, -0.2) is 33.3 Å². The summed E-state index contributed by atoms with van der Waals surface area (Å²) in [6, 6.07) is 6.07. The van der Waals surface area contributed by atoms with E-state index >= 15 is 0 Å². The Morgan fingerprint density at radius 1 is 1.26 bits per heavy atom. The Morgan fingerprint density at radius 3 is 2.65 bits per heavy atom. The quantitative estimate of drug-likeness (QED) is 0.576. The van der Waals surface area contributed by atoms with Crippen LogP contribution in [0, 0.1) is 5.82 Å². The van der Waals surface area contributed by atoms with Gasteiger partial charge in [0.05, 0.1) is 5.75 Å². The molecule has 1 fully saturated rings. The lowest BCUT2D eigenvalue weighted by atomic mass is 10.1. The van der Waals surface area contributed by atoms with E-state index in [1.54, 1.807) is 17.0 Å². The number of hydrogen-bond donors (Lipinski definition) is 1. The Morgan fingerprint density at radius 2 is 2.00 bits per heavy atom. The molecule has 1 N–H and O–H groups in total. The lowest BCUT2D eigenvalue weighted by Gasteiger charge is -2.14. The average molecular weight is 354 g/mol. The first-order chi connectivity index (χ1) is 11.1. The van der Waals surface area contributed by atoms with Crippen molar-refractivity contribution in [2.24, 2.45) is 0 Å². The van der Waals surface area contributed by atoms with Gasteiger partial charge in [0.2, 0.25) is 11.8 Å². The number of benzene rings is 1. The normalized spacial score (nSPS) is 14.4. The van der Waals surface area contributed by atoms with Crippen LogP contribution < -0.4 is 5.32 Å². The molecule has 1 aromatic carbocycles. The van der Waals surface area contributed by atoms with E-state index in [0.29, 0.717) is 29.6 Å². The van der Waals surface area contributed by atoms with E-state index in [9.17, 15) is 14.0 Å². The average Bonchev–Trinajstić information content (AvgIpc) is 2.85. The van der Waals surface area contributed by atoms with Crippen LogP contribution in [0.4, 0.5) is 4.39 Å². The summed E-state index contributed by atoms with van der Waals surface area (Å²) in [6.45, 7) is 1.05. The number of thioether (sulfide) groups is 1. The van der Waals surface area contributed by atoms with Crippen LogP contribution >= 0.6 is 24.0 Å². The van der Waals surface area contributed by atoms with Crippen molar-refractivity contribution >= 4 is 40.1 Å². The maximum absolute atomic E-state index is 12.8. The summed E-state index contributed by atoms with van der Waals surface area (Å²) in [5.41, 5.74) is 0.873. The molecule has 4 nitrogen and oxygen atoms in total. The molecule has 0 saturated carbocycles. The van der Waals surface area contributed by atoms with Gasteiger partial charge < -0.3 is 5.32 Å². The summed E-state index contributed by atoms with van der Waals surface area (Å²) in [7, 11) is 0. The topological polar surface area (TPSA) is 49.4 Å². The number of rotatable bonds is 8. The Balaban J connectivity index is 1.55. The van der Waals surface area contributed by atoms with Gasteiger partial charge in [-0.15, -0.1) is 0 Å². The van der Waals surface area contributed by atoms with Crippen LogP contribution in [0.2, 0.25) is 0 Å². The molecule has 0 unspecified atom stereocenters. The predicted octanol–water partition coefficient (Wildman–Crippen LogP) is 2.86. The van der Waals surface area contributed by atoms with Crippen LogP contribution in [0.3, 0.4) is 0 Å². The molecule has 1 aliphatic rings. The fourth-order valence-electron chi connectivity index (χ4n) is 2.22. The molecule has 1 aliphatic heterocycles. The molecular formula is C16H19FN2O2S2. The van der Waals surface area contributed by atoms with Gasteiger partial charge in [0.15, 0.2) is 0 Å². The van der Waals surface area contributed by atoms with Gasteiger partial charge in [0.1, 0.15) is 10.1 Å². The number of nitrogens with zero attached hydrogens (tertiary/aromatic N) is 1. The van der Waals surface area contributed by atoms with E-state index in [2.05, 4.69) is 5.32 Å². The van der Waals surface area contributed by atoms with Crippen molar-refractivity contribution in [3.8, 4) is 0 Å². The van der Waals surface area contributed by atoms with Crippen LogP contribution in [-0.2, 0) is 16.1 Å². The van der Waals surface area contributed by atoms with Crippen molar-refractivity contribution in [2.75, 3.05) is 12.3 Å². The van der Waals surface area contributed by atoms with E-state index in [0.717, 1.165) is 24.8 Å². The van der Waals surface area contributed by atoms with Crippen molar-refractivity contribution < 1.29 is 14.0 Å². The number of carbonyl (C=O) groups excluding carboxylic acids is 2. The number of unbranched alkanes of at least 4 members (excludes halogenated alkanes) is 2. The van der Waals surface area contributed by atoms with Crippen LogP contribution in [0.1, 0.15) is 31.2 Å². The number of carbonyl (C=O) groups is 2. The molecule has 0 bridgehead atoms. The van der Waals surface area contributed by atoms with E-state index in [-0.39, 0.29) is 17.6 Å². The van der Waals surface area contributed by atoms with Crippen LogP contribution in [0.5, 0.6) is 0 Å². The molecule has 2 rings (SSSR count). The first-order valence-corrected chi connectivity index (χ1v) is 8.94. The molecule has 1 saturated heterocycles. The Labute approximate surface area is 144 Å². The fourth-order valence-corrected chi connectivity index (χ4v) is 3.34. The minimum absolute atomic E-state index is 0.0161. The third-order valence-corrected chi connectivity index (χ3v) is 4.96. The molecule has 7 heteroatoms. The number of thiocarbonyl (C=S) groups is 1. The summed E-state index contributed by atoms with van der Waals surface area (Å²) in [6.07, 6.45) is 2.95. The second kappa shape index (κ2) is 8.98. The van der Waals surface area contributed by atoms with E-state index in [1.165, 1.54) is 23.9 Å². The standard InChI is InChI=1S/C16H19FN2O2S2/c17-13-7-5-12(6-8-13)10-18-14(20)4-2-1-3-9-19-15(21)11-23-16(19)22/h5-8H,1-4,9-11H2,(H,18,20). The minimum Gasteiger partial charge on any atom is -0.352 e. The molecule has 0 aliphatic carbocycles. The van der Waals surface area contributed by atoms with Gasteiger partial charge in [0.25, 0.3) is 0 Å². The van der Waals surface area contributed by atoms with Crippen LogP contribution in [0.25, 0.3) is 0 Å². The number of amides is 2. The van der Waals surface area contributed by atoms with Gasteiger partial charge in [-0.3, -0.25) is 14.5 Å². The molecule has 2 amide bonds. The molecule has 1 aromatic rings. The molecule has 1 heterocycles. The molecule has 0 radical (unpaired) electrons. The molecule has 0 aromatic heterocycles. The molecule has 0 spiro atoms. The van der Waals surface area contributed by atoms with E-state index in [1.807, 2.05) is 0 Å². The first kappa shape index (κ1) is 17.9. The smallest absolute Gasteiger partial charge is 0.238 e. The highest BCUT2D eigenvalue weighted by atomic mass is 32.2. The molecule has 0 atom stereocenters. The second-order valence-electron chi connectivity index (χ2n) is 5.31. The highest BCUT2D eigenvalue weighted by molar-refractivity contribution is 8.23. The number of halogens is 1. The molecule has 124 valence electrons. The summed E-state index contributed by atoms with van der Waals surface area (Å²) in [4.78, 5) is 24.9. The summed E-state index contributed by atoms with van der Waals surface area (Å²) in [5, 5.41) is 2.81. The summed E-state index contributed by atoms with van der Waals surface area (Å²) < 4.78 is 13.4. The van der Waals surface area contributed by atoms with Gasteiger partial charge in [-0.2, -0.15) is 0 Å². The van der Waals surface area contributed by atoms with Crippen molar-refractivity contribution in [1.29, 1.82) is 0 Å². The maximum atomic E-state index is 12.8. The van der Waals surface area contributed by atoms with Crippen LogP contribution in [0.15, 0.2) is 24.3 Å². The SMILES string of the molecule is O=C(CCCCCN1C(=O)CSC1=S)NCc1ccc(F)cc1. The van der Waals surface area contributed by atoms with Crippen molar-refractivity contribution in [3.05, 3.63) is 35.6 Å². The van der Waals surface area contributed by atoms with Gasteiger partial charge in [-0.25, -0.2) is 4.39 Å². The third-order valence-electron chi connectivity index (χ3n) is 3.53.